The fourth-order valence-electron chi connectivity index (χ4n) is 2.03. The number of nitrogens with one attached hydrogen (secondary N) is 1. The van der Waals surface area contributed by atoms with E-state index in [0.29, 0.717) is 6.04 Å². The summed E-state index contributed by atoms with van der Waals surface area (Å²) in [4.78, 5) is 4.70. The highest BCUT2D eigenvalue weighted by atomic mass is 16.5. The second kappa shape index (κ2) is 6.53. The first kappa shape index (κ1) is 14.5. The Labute approximate surface area is 121 Å². The van der Waals surface area contributed by atoms with Gasteiger partial charge in [0.15, 0.2) is 0 Å². The molecule has 2 aromatic rings. The largest absolute Gasteiger partial charge is 0.497 e. The molecule has 0 aliphatic carbocycles. The van der Waals surface area contributed by atoms with Gasteiger partial charge in [0.2, 0.25) is 0 Å². The van der Waals surface area contributed by atoms with E-state index in [2.05, 4.69) is 44.3 Å². The van der Waals surface area contributed by atoms with Crippen molar-refractivity contribution < 1.29 is 4.74 Å². The van der Waals surface area contributed by atoms with Crippen LogP contribution < -0.4 is 10.1 Å². The number of nitrogens with zero attached hydrogens (tertiary/aromatic N) is 1. The molecule has 0 aliphatic rings. The number of rotatable bonds is 5. The number of pyridine rings is 1. The van der Waals surface area contributed by atoms with Crippen LogP contribution in [-0.2, 0) is 6.54 Å². The lowest BCUT2D eigenvalue weighted by molar-refractivity contribution is 0.415. The molecule has 0 amide bonds. The van der Waals surface area contributed by atoms with Crippen molar-refractivity contribution in [2.24, 2.45) is 0 Å². The first-order chi connectivity index (χ1) is 9.60. The molecule has 20 heavy (non-hydrogen) atoms. The summed E-state index contributed by atoms with van der Waals surface area (Å²) in [6, 6.07) is 12.7. The van der Waals surface area contributed by atoms with Crippen molar-refractivity contribution in [1.82, 2.24) is 10.3 Å². The Morgan fingerprint density at radius 1 is 1.20 bits per heavy atom. The highest BCUT2D eigenvalue weighted by molar-refractivity contribution is 5.61. The third kappa shape index (κ3) is 3.58. The predicted octanol–water partition coefficient (Wildman–Crippen LogP) is 3.56. The highest BCUT2D eigenvalue weighted by Crippen LogP contribution is 2.23. The molecule has 3 heteroatoms. The maximum absolute atomic E-state index is 5.26. The van der Waals surface area contributed by atoms with Gasteiger partial charge in [0.05, 0.1) is 12.8 Å². The van der Waals surface area contributed by atoms with Crippen LogP contribution in [0, 0.1) is 6.92 Å². The van der Waals surface area contributed by atoms with E-state index in [0.717, 1.165) is 29.2 Å². The zero-order valence-electron chi connectivity index (χ0n) is 12.6. The number of benzene rings is 1. The maximum atomic E-state index is 5.26. The van der Waals surface area contributed by atoms with E-state index in [4.69, 9.17) is 9.72 Å². The second-order valence-corrected chi connectivity index (χ2v) is 5.21. The van der Waals surface area contributed by atoms with Crippen molar-refractivity contribution in [2.45, 2.75) is 33.4 Å². The Morgan fingerprint density at radius 3 is 2.65 bits per heavy atom. The van der Waals surface area contributed by atoms with Crippen LogP contribution in [0.3, 0.4) is 0 Å². The lowest BCUT2D eigenvalue weighted by atomic mass is 10.1. The highest BCUT2D eigenvalue weighted by Gasteiger charge is 2.05. The monoisotopic (exact) mass is 270 g/mol. The van der Waals surface area contributed by atoms with Crippen LogP contribution in [0.5, 0.6) is 5.75 Å². The number of ether oxygens (including phenoxy) is 1. The molecule has 0 atom stereocenters. The molecule has 0 fully saturated rings. The van der Waals surface area contributed by atoms with Crippen molar-refractivity contribution in [3.05, 3.63) is 47.7 Å². The van der Waals surface area contributed by atoms with Crippen molar-refractivity contribution >= 4 is 0 Å². The van der Waals surface area contributed by atoms with E-state index in [-0.39, 0.29) is 0 Å². The summed E-state index contributed by atoms with van der Waals surface area (Å²) < 4.78 is 5.26. The first-order valence-electron chi connectivity index (χ1n) is 6.94. The second-order valence-electron chi connectivity index (χ2n) is 5.21. The Morgan fingerprint density at radius 2 is 2.00 bits per heavy atom. The van der Waals surface area contributed by atoms with Crippen LogP contribution in [0.4, 0.5) is 0 Å². The lowest BCUT2D eigenvalue weighted by Gasteiger charge is -2.11. The van der Waals surface area contributed by atoms with E-state index in [9.17, 15) is 0 Å². The molecule has 1 aromatic carbocycles. The Balaban J connectivity index is 2.23. The summed E-state index contributed by atoms with van der Waals surface area (Å²) in [6.45, 7) is 7.21. The average Bonchev–Trinajstić information content (AvgIpc) is 2.46. The number of aryl methyl sites for hydroxylation is 1. The van der Waals surface area contributed by atoms with Gasteiger partial charge in [-0.2, -0.15) is 0 Å². The SMILES string of the molecule is COc1cccc(-c2ccc(CNC(C)C)c(C)n2)c1. The van der Waals surface area contributed by atoms with Gasteiger partial charge in [-0.1, -0.05) is 32.0 Å². The normalized spacial score (nSPS) is 10.8. The van der Waals surface area contributed by atoms with Gasteiger partial charge in [-0.05, 0) is 30.7 Å². The van der Waals surface area contributed by atoms with Gasteiger partial charge in [0.1, 0.15) is 5.75 Å². The molecule has 1 heterocycles. The molecule has 0 aliphatic heterocycles. The minimum absolute atomic E-state index is 0.479. The topological polar surface area (TPSA) is 34.1 Å². The van der Waals surface area contributed by atoms with Gasteiger partial charge < -0.3 is 10.1 Å². The molecule has 0 saturated carbocycles. The molecule has 0 spiro atoms. The van der Waals surface area contributed by atoms with Gasteiger partial charge in [-0.25, -0.2) is 0 Å². The summed E-state index contributed by atoms with van der Waals surface area (Å²) in [5, 5.41) is 3.42. The third-order valence-corrected chi connectivity index (χ3v) is 3.26. The van der Waals surface area contributed by atoms with Crippen molar-refractivity contribution in [3.8, 4) is 17.0 Å². The molecule has 0 saturated heterocycles. The van der Waals surface area contributed by atoms with Crippen molar-refractivity contribution in [2.75, 3.05) is 7.11 Å². The summed E-state index contributed by atoms with van der Waals surface area (Å²) >= 11 is 0. The van der Waals surface area contributed by atoms with Gasteiger partial charge in [0.25, 0.3) is 0 Å². The number of hydrogen-bond acceptors (Lipinski definition) is 3. The van der Waals surface area contributed by atoms with Crippen LogP contribution in [0.25, 0.3) is 11.3 Å². The molecule has 106 valence electrons. The minimum atomic E-state index is 0.479. The predicted molar refractivity (Wildman–Crippen MR) is 82.9 cm³/mol. The van der Waals surface area contributed by atoms with E-state index < -0.39 is 0 Å². The summed E-state index contributed by atoms with van der Waals surface area (Å²) in [5.41, 5.74) is 4.37. The number of aromatic nitrogens is 1. The fourth-order valence-corrected chi connectivity index (χ4v) is 2.03. The smallest absolute Gasteiger partial charge is 0.119 e. The average molecular weight is 270 g/mol. The zero-order valence-corrected chi connectivity index (χ0v) is 12.6. The third-order valence-electron chi connectivity index (χ3n) is 3.26. The van der Waals surface area contributed by atoms with Gasteiger partial charge in [-0.3, -0.25) is 4.98 Å². The van der Waals surface area contributed by atoms with Crippen LogP contribution in [0.1, 0.15) is 25.1 Å². The van der Waals surface area contributed by atoms with Crippen LogP contribution in [-0.4, -0.2) is 18.1 Å². The van der Waals surface area contributed by atoms with Crippen LogP contribution in [0.15, 0.2) is 36.4 Å². The summed E-state index contributed by atoms with van der Waals surface area (Å²) in [7, 11) is 1.68. The lowest BCUT2D eigenvalue weighted by Crippen LogP contribution is -2.22. The molecule has 1 aromatic heterocycles. The molecule has 2 rings (SSSR count). The van der Waals surface area contributed by atoms with Crippen molar-refractivity contribution in [3.63, 3.8) is 0 Å². The fraction of sp³-hybridized carbons (Fsp3) is 0.353. The Bertz CT molecular complexity index is 579. The van der Waals surface area contributed by atoms with E-state index in [1.807, 2.05) is 18.2 Å². The van der Waals surface area contributed by atoms with Gasteiger partial charge in [0, 0.05) is 23.8 Å². The van der Waals surface area contributed by atoms with Crippen molar-refractivity contribution in [1.29, 1.82) is 0 Å². The number of methoxy groups -OCH3 is 1. The molecule has 3 nitrogen and oxygen atoms in total. The standard InChI is InChI=1S/C17H22N2O/c1-12(2)18-11-15-8-9-17(19-13(15)3)14-6-5-7-16(10-14)20-4/h5-10,12,18H,11H2,1-4H3. The van der Waals surface area contributed by atoms with E-state index >= 15 is 0 Å². The van der Waals surface area contributed by atoms with Crippen LogP contribution in [0.2, 0.25) is 0 Å². The quantitative estimate of drug-likeness (QED) is 0.902. The molecular formula is C17H22N2O. The van der Waals surface area contributed by atoms with E-state index in [1.165, 1.54) is 5.56 Å². The van der Waals surface area contributed by atoms with Gasteiger partial charge >= 0.3 is 0 Å². The van der Waals surface area contributed by atoms with Gasteiger partial charge in [-0.15, -0.1) is 0 Å². The Hall–Kier alpha value is -1.87. The summed E-state index contributed by atoms with van der Waals surface area (Å²) in [5.74, 6) is 0.854. The first-order valence-corrected chi connectivity index (χ1v) is 6.94. The van der Waals surface area contributed by atoms with E-state index in [1.54, 1.807) is 7.11 Å². The summed E-state index contributed by atoms with van der Waals surface area (Å²) in [6.07, 6.45) is 0. The number of hydrogen-bond donors (Lipinski definition) is 1. The molecule has 1 N–H and O–H groups in total. The zero-order chi connectivity index (χ0) is 14.5. The Kier molecular flexibility index (Phi) is 4.74. The molecule has 0 unspecified atom stereocenters. The molecule has 0 bridgehead atoms. The molecular weight excluding hydrogens is 248 g/mol. The van der Waals surface area contributed by atoms with Crippen LogP contribution >= 0.6 is 0 Å². The molecule has 0 radical (unpaired) electrons. The maximum Gasteiger partial charge on any atom is 0.119 e. The minimum Gasteiger partial charge on any atom is -0.497 e.